The summed E-state index contributed by atoms with van der Waals surface area (Å²) in [6.45, 7) is 19.7. The fraction of sp³-hybridized carbons (Fsp3) is 0.737. The minimum absolute atomic E-state index is 0.554. The summed E-state index contributed by atoms with van der Waals surface area (Å²) in [5.74, 6) is 0.833. The number of aromatic nitrogens is 1. The molecule has 0 fully saturated rings. The molecule has 0 N–H and O–H groups in total. The SMILES string of the molecule is CC(C)C.CC(C)Sc1cc[n+](C(C)C)cc1.CSC(C)C. The molecule has 0 aliphatic heterocycles. The van der Waals surface area contributed by atoms with E-state index in [1.165, 1.54) is 4.90 Å². The summed E-state index contributed by atoms with van der Waals surface area (Å²) in [7, 11) is 0. The lowest BCUT2D eigenvalue weighted by molar-refractivity contribution is -0.716. The lowest BCUT2D eigenvalue weighted by atomic mass is 10.3. The molecule has 1 aromatic heterocycles. The van der Waals surface area contributed by atoms with Crippen molar-refractivity contribution in [3.05, 3.63) is 24.5 Å². The first-order valence-electron chi connectivity index (χ1n) is 8.30. The van der Waals surface area contributed by atoms with Crippen LogP contribution >= 0.6 is 23.5 Å². The van der Waals surface area contributed by atoms with E-state index in [1.807, 2.05) is 23.5 Å². The van der Waals surface area contributed by atoms with Gasteiger partial charge in [-0.2, -0.15) is 11.8 Å². The number of nitrogens with zero attached hydrogens (tertiary/aromatic N) is 1. The molecular formula is C19H38NS2+. The fourth-order valence-corrected chi connectivity index (χ4v) is 1.94. The predicted octanol–water partition coefficient (Wildman–Crippen LogP) is 6.48. The van der Waals surface area contributed by atoms with Gasteiger partial charge >= 0.3 is 0 Å². The minimum atomic E-state index is 0.554. The summed E-state index contributed by atoms with van der Waals surface area (Å²) < 4.78 is 2.21. The summed E-state index contributed by atoms with van der Waals surface area (Å²) in [5, 5.41) is 1.46. The zero-order valence-corrected chi connectivity index (χ0v) is 18.0. The van der Waals surface area contributed by atoms with Crippen LogP contribution in [0.2, 0.25) is 0 Å². The van der Waals surface area contributed by atoms with Crippen LogP contribution < -0.4 is 4.57 Å². The number of thioether (sulfide) groups is 2. The van der Waals surface area contributed by atoms with Gasteiger partial charge in [-0.3, -0.25) is 0 Å². The smallest absolute Gasteiger partial charge is 0.170 e. The third kappa shape index (κ3) is 17.9. The Bertz CT molecular complexity index is 340. The van der Waals surface area contributed by atoms with Gasteiger partial charge in [0.1, 0.15) is 0 Å². The molecule has 1 rings (SSSR count). The van der Waals surface area contributed by atoms with Gasteiger partial charge in [-0.05, 0) is 31.3 Å². The van der Waals surface area contributed by atoms with Gasteiger partial charge in [0.25, 0.3) is 0 Å². The second-order valence-electron chi connectivity index (χ2n) is 6.76. The van der Waals surface area contributed by atoms with E-state index in [-0.39, 0.29) is 0 Å². The van der Waals surface area contributed by atoms with Gasteiger partial charge in [0.05, 0.1) is 0 Å². The van der Waals surface area contributed by atoms with Gasteiger partial charge in [0.15, 0.2) is 18.4 Å². The monoisotopic (exact) mass is 344 g/mol. The van der Waals surface area contributed by atoms with Gasteiger partial charge in [-0.25, -0.2) is 4.57 Å². The standard InChI is InChI=1S/C11H18NS.C4H10S.C4H10/c1-9(2)12-7-5-11(6-8-12)13-10(3)4;1-4(2)5-3;1-4(2)3/h5-10H,1-4H3;4H,1-3H3;4H,1-3H3/q+1;;. The van der Waals surface area contributed by atoms with Crippen molar-refractivity contribution < 1.29 is 4.57 Å². The molecule has 0 unspecified atom stereocenters. The van der Waals surface area contributed by atoms with E-state index < -0.39 is 0 Å². The molecule has 0 spiro atoms. The Labute approximate surface area is 148 Å². The largest absolute Gasteiger partial charge is 0.203 e. The first-order valence-corrected chi connectivity index (χ1v) is 10.5. The van der Waals surface area contributed by atoms with Crippen molar-refractivity contribution in [2.45, 2.75) is 83.8 Å². The van der Waals surface area contributed by atoms with Gasteiger partial charge in [-0.15, -0.1) is 11.8 Å². The summed E-state index contributed by atoms with van der Waals surface area (Å²) >= 11 is 3.79. The highest BCUT2D eigenvalue weighted by atomic mass is 32.2. The number of rotatable bonds is 4. The molecule has 1 heterocycles. The van der Waals surface area contributed by atoms with Gasteiger partial charge in [0, 0.05) is 22.3 Å². The second-order valence-corrected chi connectivity index (χ2v) is 9.82. The van der Waals surface area contributed by atoms with Gasteiger partial charge < -0.3 is 0 Å². The molecule has 0 amide bonds. The van der Waals surface area contributed by atoms with Crippen LogP contribution in [0.15, 0.2) is 29.4 Å². The van der Waals surface area contributed by atoms with Crippen LogP contribution in [0.5, 0.6) is 0 Å². The van der Waals surface area contributed by atoms with E-state index >= 15 is 0 Å². The van der Waals surface area contributed by atoms with Crippen LogP contribution in [-0.2, 0) is 0 Å². The van der Waals surface area contributed by atoms with Crippen LogP contribution in [0.4, 0.5) is 0 Å². The van der Waals surface area contributed by atoms with Crippen LogP contribution in [0.3, 0.4) is 0 Å². The normalized spacial score (nSPS) is 10.5. The third-order valence-corrected chi connectivity index (χ3v) is 4.22. The van der Waals surface area contributed by atoms with E-state index in [4.69, 9.17) is 0 Å². The molecule has 0 aromatic carbocycles. The molecule has 3 heteroatoms. The van der Waals surface area contributed by atoms with Crippen molar-refractivity contribution in [2.24, 2.45) is 5.92 Å². The molecule has 22 heavy (non-hydrogen) atoms. The minimum Gasteiger partial charge on any atom is -0.203 e. The first-order chi connectivity index (χ1) is 10.1. The topological polar surface area (TPSA) is 3.88 Å². The highest BCUT2D eigenvalue weighted by molar-refractivity contribution is 8.00. The van der Waals surface area contributed by atoms with E-state index in [2.05, 4.69) is 97.7 Å². The van der Waals surface area contributed by atoms with E-state index in [1.54, 1.807) is 0 Å². The lowest BCUT2D eigenvalue weighted by Crippen LogP contribution is -2.34. The number of pyridine rings is 1. The number of hydrogen-bond acceptors (Lipinski definition) is 2. The van der Waals surface area contributed by atoms with E-state index in [0.29, 0.717) is 11.3 Å². The summed E-state index contributed by atoms with van der Waals surface area (Å²) in [5.41, 5.74) is 0. The zero-order chi connectivity index (χ0) is 17.7. The molecule has 0 saturated carbocycles. The quantitative estimate of drug-likeness (QED) is 0.455. The zero-order valence-electron chi connectivity index (χ0n) is 16.4. The van der Waals surface area contributed by atoms with Crippen LogP contribution in [0, 0.1) is 5.92 Å². The Balaban J connectivity index is 0. The fourth-order valence-electron chi connectivity index (χ4n) is 1.12. The van der Waals surface area contributed by atoms with Crippen molar-refractivity contribution in [1.29, 1.82) is 0 Å². The van der Waals surface area contributed by atoms with E-state index in [0.717, 1.165) is 11.2 Å². The summed E-state index contributed by atoms with van der Waals surface area (Å²) in [6, 6.07) is 4.92. The molecule has 0 bridgehead atoms. The van der Waals surface area contributed by atoms with Crippen LogP contribution in [0.1, 0.15) is 68.4 Å². The van der Waals surface area contributed by atoms with E-state index in [9.17, 15) is 0 Å². The Morgan fingerprint density at radius 1 is 0.773 bits per heavy atom. The molecule has 0 radical (unpaired) electrons. The Hall–Kier alpha value is -0.150. The lowest BCUT2D eigenvalue weighted by Gasteiger charge is -2.04. The molecule has 130 valence electrons. The summed E-state index contributed by atoms with van der Waals surface area (Å²) in [4.78, 5) is 1.35. The summed E-state index contributed by atoms with van der Waals surface area (Å²) in [6.07, 6.45) is 6.41. The molecular weight excluding hydrogens is 306 g/mol. The highest BCUT2D eigenvalue weighted by Crippen LogP contribution is 2.20. The van der Waals surface area contributed by atoms with Crippen molar-refractivity contribution in [3.63, 3.8) is 0 Å². The Morgan fingerprint density at radius 2 is 1.14 bits per heavy atom. The van der Waals surface area contributed by atoms with Crippen molar-refractivity contribution in [3.8, 4) is 0 Å². The van der Waals surface area contributed by atoms with Gasteiger partial charge in [-0.1, -0.05) is 48.5 Å². The van der Waals surface area contributed by atoms with Crippen LogP contribution in [0.25, 0.3) is 0 Å². The Morgan fingerprint density at radius 3 is 1.36 bits per heavy atom. The van der Waals surface area contributed by atoms with Crippen molar-refractivity contribution in [2.75, 3.05) is 6.26 Å². The first kappa shape index (κ1) is 24.1. The Kier molecular flexibility index (Phi) is 15.8. The molecule has 1 nitrogen and oxygen atoms in total. The molecule has 1 aromatic rings. The van der Waals surface area contributed by atoms with Crippen molar-refractivity contribution in [1.82, 2.24) is 0 Å². The maximum absolute atomic E-state index is 2.22. The number of hydrogen-bond donors (Lipinski definition) is 0. The van der Waals surface area contributed by atoms with Gasteiger partial charge in [0.2, 0.25) is 0 Å². The molecule has 0 saturated heterocycles. The maximum Gasteiger partial charge on any atom is 0.170 e. The third-order valence-electron chi connectivity index (χ3n) is 2.26. The maximum atomic E-state index is 2.22. The molecule has 0 atom stereocenters. The highest BCUT2D eigenvalue weighted by Gasteiger charge is 2.05. The average molecular weight is 345 g/mol. The molecule has 0 aliphatic carbocycles. The predicted molar refractivity (Wildman–Crippen MR) is 107 cm³/mol. The van der Waals surface area contributed by atoms with Crippen LogP contribution in [-0.4, -0.2) is 16.8 Å². The molecule has 0 aliphatic rings. The second kappa shape index (κ2) is 14.4. The average Bonchev–Trinajstić information content (AvgIpc) is 2.38. The van der Waals surface area contributed by atoms with Crippen molar-refractivity contribution >= 4 is 23.5 Å².